The number of methoxy groups -OCH3 is 1. The molecular weight excluding hydrogens is 246 g/mol. The Morgan fingerprint density at radius 2 is 2.37 bits per heavy atom. The van der Waals surface area contributed by atoms with Gasteiger partial charge < -0.3 is 14.8 Å². The minimum Gasteiger partial charge on any atom is -0.383 e. The summed E-state index contributed by atoms with van der Waals surface area (Å²) in [7, 11) is 1.69. The standard InChI is InChI=1S/C12H23N5O2/c1-9(13-6-8-18-3)12-14-15-16-17(12)10(2)11-5-4-7-19-11/h9-11,13H,4-8H2,1-3H3. The lowest BCUT2D eigenvalue weighted by Crippen LogP contribution is -2.29. The van der Waals surface area contributed by atoms with Crippen LogP contribution in [0.1, 0.15) is 44.6 Å². The van der Waals surface area contributed by atoms with E-state index in [0.717, 1.165) is 31.8 Å². The molecule has 108 valence electrons. The fourth-order valence-electron chi connectivity index (χ4n) is 2.38. The molecule has 1 aromatic heterocycles. The molecule has 0 aromatic carbocycles. The zero-order valence-electron chi connectivity index (χ0n) is 11.9. The summed E-state index contributed by atoms with van der Waals surface area (Å²) in [6, 6.07) is 0.258. The molecular formula is C12H23N5O2. The van der Waals surface area contributed by atoms with Gasteiger partial charge in [-0.05, 0) is 37.1 Å². The highest BCUT2D eigenvalue weighted by Crippen LogP contribution is 2.25. The molecule has 0 radical (unpaired) electrons. The van der Waals surface area contributed by atoms with E-state index >= 15 is 0 Å². The van der Waals surface area contributed by atoms with Crippen molar-refractivity contribution >= 4 is 0 Å². The maximum atomic E-state index is 5.72. The number of tetrazole rings is 1. The Bertz CT molecular complexity index is 378. The van der Waals surface area contributed by atoms with E-state index in [9.17, 15) is 0 Å². The van der Waals surface area contributed by atoms with Crippen molar-refractivity contribution in [1.29, 1.82) is 0 Å². The van der Waals surface area contributed by atoms with Crippen molar-refractivity contribution in [3.8, 4) is 0 Å². The minimum absolute atomic E-state index is 0.0917. The Kier molecular flexibility index (Phi) is 5.24. The fourth-order valence-corrected chi connectivity index (χ4v) is 2.38. The Morgan fingerprint density at radius 1 is 1.53 bits per heavy atom. The van der Waals surface area contributed by atoms with E-state index in [4.69, 9.17) is 9.47 Å². The Balaban J connectivity index is 1.99. The van der Waals surface area contributed by atoms with Crippen molar-refractivity contribution in [2.45, 2.75) is 44.9 Å². The number of ether oxygens (including phenoxy) is 2. The second-order valence-electron chi connectivity index (χ2n) is 4.94. The van der Waals surface area contributed by atoms with Crippen LogP contribution in [0.25, 0.3) is 0 Å². The third-order valence-corrected chi connectivity index (χ3v) is 3.55. The van der Waals surface area contributed by atoms with E-state index < -0.39 is 0 Å². The van der Waals surface area contributed by atoms with Crippen molar-refractivity contribution in [1.82, 2.24) is 25.5 Å². The molecule has 0 amide bonds. The molecule has 3 unspecified atom stereocenters. The van der Waals surface area contributed by atoms with Gasteiger partial charge in [-0.1, -0.05) is 0 Å². The van der Waals surface area contributed by atoms with Crippen molar-refractivity contribution in [3.63, 3.8) is 0 Å². The van der Waals surface area contributed by atoms with Gasteiger partial charge in [-0.3, -0.25) is 0 Å². The summed E-state index contributed by atoms with van der Waals surface area (Å²) < 4.78 is 12.6. The van der Waals surface area contributed by atoms with Crippen LogP contribution in [0.15, 0.2) is 0 Å². The van der Waals surface area contributed by atoms with E-state index in [1.807, 2.05) is 4.68 Å². The van der Waals surface area contributed by atoms with Crippen LogP contribution in [0.5, 0.6) is 0 Å². The van der Waals surface area contributed by atoms with Gasteiger partial charge in [0, 0.05) is 20.3 Å². The van der Waals surface area contributed by atoms with Crippen LogP contribution in [0.3, 0.4) is 0 Å². The summed E-state index contributed by atoms with van der Waals surface area (Å²) in [6.07, 6.45) is 2.41. The van der Waals surface area contributed by atoms with Crippen LogP contribution >= 0.6 is 0 Å². The van der Waals surface area contributed by atoms with E-state index in [1.165, 1.54) is 0 Å². The third-order valence-electron chi connectivity index (χ3n) is 3.55. The molecule has 1 N–H and O–H groups in total. The predicted octanol–water partition coefficient (Wildman–Crippen LogP) is 0.710. The Labute approximate surface area is 113 Å². The molecule has 1 aliphatic heterocycles. The van der Waals surface area contributed by atoms with Crippen molar-refractivity contribution in [2.75, 3.05) is 26.9 Å². The molecule has 1 aromatic rings. The summed E-state index contributed by atoms with van der Waals surface area (Å²) in [5.74, 6) is 0.846. The van der Waals surface area contributed by atoms with Gasteiger partial charge in [0.1, 0.15) is 0 Å². The molecule has 2 rings (SSSR count). The van der Waals surface area contributed by atoms with Gasteiger partial charge in [0.15, 0.2) is 5.82 Å². The zero-order chi connectivity index (χ0) is 13.7. The molecule has 0 aliphatic carbocycles. The van der Waals surface area contributed by atoms with Gasteiger partial charge in [-0.25, -0.2) is 4.68 Å². The summed E-state index contributed by atoms with van der Waals surface area (Å²) in [4.78, 5) is 0. The summed E-state index contributed by atoms with van der Waals surface area (Å²) in [6.45, 7) is 6.46. The SMILES string of the molecule is COCCNC(C)c1nnnn1C(C)C1CCCO1. The molecule has 0 saturated carbocycles. The number of nitrogens with zero attached hydrogens (tertiary/aromatic N) is 4. The summed E-state index contributed by atoms with van der Waals surface area (Å²) >= 11 is 0. The second kappa shape index (κ2) is 6.93. The molecule has 1 saturated heterocycles. The third kappa shape index (κ3) is 3.49. The number of hydrogen-bond donors (Lipinski definition) is 1. The van der Waals surface area contributed by atoms with Crippen molar-refractivity contribution in [2.24, 2.45) is 0 Å². The van der Waals surface area contributed by atoms with Gasteiger partial charge in [0.05, 0.1) is 24.8 Å². The van der Waals surface area contributed by atoms with Crippen LogP contribution in [0.2, 0.25) is 0 Å². The highest BCUT2D eigenvalue weighted by atomic mass is 16.5. The normalized spacial score (nSPS) is 22.6. The largest absolute Gasteiger partial charge is 0.383 e. The predicted molar refractivity (Wildman–Crippen MR) is 69.8 cm³/mol. The van der Waals surface area contributed by atoms with Gasteiger partial charge in [0.2, 0.25) is 0 Å². The van der Waals surface area contributed by atoms with Crippen LogP contribution in [-0.4, -0.2) is 53.2 Å². The smallest absolute Gasteiger partial charge is 0.168 e. The van der Waals surface area contributed by atoms with Gasteiger partial charge >= 0.3 is 0 Å². The monoisotopic (exact) mass is 269 g/mol. The van der Waals surface area contributed by atoms with Crippen LogP contribution < -0.4 is 5.32 Å². The van der Waals surface area contributed by atoms with E-state index in [1.54, 1.807) is 7.11 Å². The average Bonchev–Trinajstić information content (AvgIpc) is 3.09. The highest BCUT2D eigenvalue weighted by Gasteiger charge is 2.27. The van der Waals surface area contributed by atoms with E-state index in [0.29, 0.717) is 6.61 Å². The van der Waals surface area contributed by atoms with E-state index in [-0.39, 0.29) is 18.2 Å². The number of aromatic nitrogens is 4. The lowest BCUT2D eigenvalue weighted by Gasteiger charge is -2.21. The number of nitrogens with one attached hydrogen (secondary N) is 1. The van der Waals surface area contributed by atoms with Gasteiger partial charge in [-0.15, -0.1) is 5.10 Å². The molecule has 0 spiro atoms. The highest BCUT2D eigenvalue weighted by molar-refractivity contribution is 4.93. The molecule has 2 heterocycles. The first-order chi connectivity index (χ1) is 9.24. The topological polar surface area (TPSA) is 74.1 Å². The summed E-state index contributed by atoms with van der Waals surface area (Å²) in [5, 5.41) is 15.4. The van der Waals surface area contributed by atoms with E-state index in [2.05, 4.69) is 34.7 Å². The first-order valence-corrected chi connectivity index (χ1v) is 6.85. The van der Waals surface area contributed by atoms with Crippen molar-refractivity contribution in [3.05, 3.63) is 5.82 Å². The molecule has 7 heteroatoms. The number of hydrogen-bond acceptors (Lipinski definition) is 6. The Morgan fingerprint density at radius 3 is 3.05 bits per heavy atom. The number of rotatable bonds is 7. The fraction of sp³-hybridized carbons (Fsp3) is 0.917. The first-order valence-electron chi connectivity index (χ1n) is 6.85. The zero-order valence-corrected chi connectivity index (χ0v) is 11.9. The van der Waals surface area contributed by atoms with Crippen LogP contribution in [-0.2, 0) is 9.47 Å². The second-order valence-corrected chi connectivity index (χ2v) is 4.94. The van der Waals surface area contributed by atoms with Crippen molar-refractivity contribution < 1.29 is 9.47 Å². The van der Waals surface area contributed by atoms with Gasteiger partial charge in [0.25, 0.3) is 0 Å². The molecule has 3 atom stereocenters. The quantitative estimate of drug-likeness (QED) is 0.735. The van der Waals surface area contributed by atoms with Gasteiger partial charge in [-0.2, -0.15) is 0 Å². The average molecular weight is 269 g/mol. The maximum absolute atomic E-state index is 5.72. The Hall–Kier alpha value is -1.05. The minimum atomic E-state index is 0.0917. The van der Waals surface area contributed by atoms with Crippen LogP contribution in [0.4, 0.5) is 0 Å². The molecule has 7 nitrogen and oxygen atoms in total. The maximum Gasteiger partial charge on any atom is 0.168 e. The molecule has 0 bridgehead atoms. The molecule has 1 aliphatic rings. The molecule has 19 heavy (non-hydrogen) atoms. The van der Waals surface area contributed by atoms with Crippen LogP contribution in [0, 0.1) is 0 Å². The first kappa shape index (κ1) is 14.4. The summed E-state index contributed by atoms with van der Waals surface area (Å²) in [5.41, 5.74) is 0. The molecule has 1 fully saturated rings. The lowest BCUT2D eigenvalue weighted by molar-refractivity contribution is 0.0667. The lowest BCUT2D eigenvalue weighted by atomic mass is 10.1.